The molecule has 0 radical (unpaired) electrons. The minimum atomic E-state index is -1.51. The molecule has 0 rings (SSSR count). The molecule has 0 aromatic heterocycles. The first-order valence-electron chi connectivity index (χ1n) is 6.78. The molecule has 0 bridgehead atoms. The van der Waals surface area contributed by atoms with Crippen molar-refractivity contribution in [1.29, 1.82) is 0 Å². The Balaban J connectivity index is 5.91. The monoisotopic (exact) mass is 319 g/mol. The molecule has 0 saturated heterocycles. The molecule has 2 nitrogen and oxygen atoms in total. The van der Waals surface area contributed by atoms with E-state index in [2.05, 4.69) is 77.9 Å². The summed E-state index contributed by atoms with van der Waals surface area (Å²) in [5, 5.41) is 0. The van der Waals surface area contributed by atoms with Crippen LogP contribution in [0.15, 0.2) is 0 Å². The summed E-state index contributed by atoms with van der Waals surface area (Å²) in [6.07, 6.45) is 0. The van der Waals surface area contributed by atoms with Crippen LogP contribution in [0.3, 0.4) is 0 Å². The molecule has 0 N–H and O–H groups in total. The SMILES string of the molecule is CN(C)C(O[Si](C)(C)C)=[Si]([Si](C)(C)C)[Si](C)(C)C. The lowest BCUT2D eigenvalue weighted by molar-refractivity contribution is 0.445. The molecule has 0 saturated carbocycles. The summed E-state index contributed by atoms with van der Waals surface area (Å²) < 4.78 is 6.51. The predicted molar refractivity (Wildman–Crippen MR) is 95.6 cm³/mol. The van der Waals surface area contributed by atoms with Gasteiger partial charge in [0, 0.05) is 14.1 Å². The van der Waals surface area contributed by atoms with Crippen LogP contribution >= 0.6 is 0 Å². The van der Waals surface area contributed by atoms with Crippen LogP contribution in [-0.4, -0.2) is 55.4 Å². The van der Waals surface area contributed by atoms with Crippen molar-refractivity contribution >= 4 is 36.4 Å². The molecule has 0 heterocycles. The summed E-state index contributed by atoms with van der Waals surface area (Å²) >= 11 is 0. The predicted octanol–water partition coefficient (Wildman–Crippen LogP) is 3.40. The van der Waals surface area contributed by atoms with Gasteiger partial charge in [-0.1, -0.05) is 39.3 Å². The maximum absolute atomic E-state index is 6.51. The number of hydrogen-bond donors (Lipinski definition) is 0. The minimum absolute atomic E-state index is 0.514. The van der Waals surface area contributed by atoms with E-state index in [0.717, 1.165) is 0 Å². The number of nitrogens with zero attached hydrogens (tertiary/aromatic N) is 1. The van der Waals surface area contributed by atoms with Crippen molar-refractivity contribution in [3.05, 3.63) is 0 Å². The topological polar surface area (TPSA) is 12.5 Å². The minimum Gasteiger partial charge on any atom is -0.538 e. The highest BCUT2D eigenvalue weighted by atomic mass is 29.6. The zero-order chi connectivity index (χ0) is 14.9. The molecule has 0 spiro atoms. The second-order valence-corrected chi connectivity index (χ2v) is 36.4. The Labute approximate surface area is 119 Å². The highest BCUT2D eigenvalue weighted by molar-refractivity contribution is 7.60. The normalized spacial score (nSPS) is 13.3. The van der Waals surface area contributed by atoms with Gasteiger partial charge in [0.15, 0.2) is 0 Å². The lowest BCUT2D eigenvalue weighted by atomic mass is 10.9. The van der Waals surface area contributed by atoms with Gasteiger partial charge < -0.3 is 9.33 Å². The average molecular weight is 320 g/mol. The fourth-order valence-electron chi connectivity index (χ4n) is 2.42. The molecule has 0 aliphatic heterocycles. The number of hydrogen-bond acceptors (Lipinski definition) is 2. The third-order valence-electron chi connectivity index (χ3n) is 2.52. The molecule has 0 aliphatic rings. The van der Waals surface area contributed by atoms with Crippen LogP contribution in [0.25, 0.3) is 0 Å². The first kappa shape index (κ1) is 18.3. The second kappa shape index (κ2) is 5.76. The average Bonchev–Trinajstić information content (AvgIpc) is 1.93. The maximum atomic E-state index is 6.51. The van der Waals surface area contributed by atoms with Crippen molar-refractivity contribution in [2.45, 2.75) is 58.9 Å². The van der Waals surface area contributed by atoms with E-state index < -0.39 is 30.9 Å². The molecule has 108 valence electrons. The third-order valence-corrected chi connectivity index (χ3v) is 31.3. The summed E-state index contributed by atoms with van der Waals surface area (Å²) in [5.41, 5.74) is 1.37. The molecule has 0 aliphatic carbocycles. The smallest absolute Gasteiger partial charge is 0.243 e. The lowest BCUT2D eigenvalue weighted by Gasteiger charge is -2.37. The van der Waals surface area contributed by atoms with Gasteiger partial charge in [-0.3, -0.25) is 0 Å². The maximum Gasteiger partial charge on any atom is 0.243 e. The van der Waals surface area contributed by atoms with E-state index in [9.17, 15) is 0 Å². The molecule has 0 fully saturated rings. The summed E-state index contributed by atoms with van der Waals surface area (Å²) in [6, 6.07) is 0. The van der Waals surface area contributed by atoms with E-state index in [-0.39, 0.29) is 0 Å². The largest absolute Gasteiger partial charge is 0.538 e. The van der Waals surface area contributed by atoms with E-state index in [1.165, 1.54) is 5.48 Å². The first-order chi connectivity index (χ1) is 7.66. The molecule has 6 heteroatoms. The van der Waals surface area contributed by atoms with Crippen molar-refractivity contribution in [1.82, 2.24) is 4.90 Å². The quantitative estimate of drug-likeness (QED) is 0.720. The van der Waals surface area contributed by atoms with E-state index in [4.69, 9.17) is 4.43 Å². The standard InChI is InChI=1S/C12H33NOSi4/c1-13(2)12(14-16(3,4)5)15(17(6,7)8)18(9,10)11/h1-11H3. The van der Waals surface area contributed by atoms with Crippen molar-refractivity contribution in [2.75, 3.05) is 14.1 Å². The Bertz CT molecular complexity index is 302. The van der Waals surface area contributed by atoms with Gasteiger partial charge in [-0.2, -0.15) is 0 Å². The fraction of sp³-hybridized carbons (Fsp3) is 0.917. The Hall–Kier alpha value is 0.338. The van der Waals surface area contributed by atoms with Gasteiger partial charge >= 0.3 is 0 Å². The summed E-state index contributed by atoms with van der Waals surface area (Å²) in [6.45, 7) is 22.0. The van der Waals surface area contributed by atoms with E-state index in [1.807, 2.05) is 0 Å². The highest BCUT2D eigenvalue weighted by Crippen LogP contribution is 2.16. The van der Waals surface area contributed by atoms with E-state index >= 15 is 0 Å². The Morgan fingerprint density at radius 1 is 0.778 bits per heavy atom. The van der Waals surface area contributed by atoms with Crippen molar-refractivity contribution in [3.8, 4) is 0 Å². The molecule has 0 aromatic carbocycles. The van der Waals surface area contributed by atoms with Gasteiger partial charge in [0.1, 0.15) is 5.48 Å². The highest BCUT2D eigenvalue weighted by Gasteiger charge is 2.38. The van der Waals surface area contributed by atoms with Gasteiger partial charge in [-0.25, -0.2) is 0 Å². The second-order valence-electron chi connectivity index (χ2n) is 8.29. The third kappa shape index (κ3) is 5.99. The van der Waals surface area contributed by atoms with Gasteiger partial charge in [-0.05, 0) is 19.6 Å². The number of rotatable bonds is 5. The summed E-state index contributed by atoms with van der Waals surface area (Å²) in [5.74, 6) is 0. The molecule has 0 atom stereocenters. The van der Waals surface area contributed by atoms with Gasteiger partial charge in [-0.15, -0.1) is 0 Å². The fourth-order valence-corrected chi connectivity index (χ4v) is 41.6. The molecule has 0 unspecified atom stereocenters. The molecular weight excluding hydrogens is 286 g/mol. The Morgan fingerprint density at radius 3 is 1.28 bits per heavy atom. The van der Waals surface area contributed by atoms with Crippen LogP contribution in [0.1, 0.15) is 0 Å². The van der Waals surface area contributed by atoms with Crippen LogP contribution in [0.5, 0.6) is 0 Å². The van der Waals surface area contributed by atoms with E-state index in [0.29, 0.717) is 0 Å². The van der Waals surface area contributed by atoms with Crippen LogP contribution in [0, 0.1) is 0 Å². The lowest BCUT2D eigenvalue weighted by Crippen LogP contribution is -2.60. The molecule has 18 heavy (non-hydrogen) atoms. The van der Waals surface area contributed by atoms with Crippen LogP contribution in [0.4, 0.5) is 0 Å². The van der Waals surface area contributed by atoms with Gasteiger partial charge in [0.25, 0.3) is 0 Å². The van der Waals surface area contributed by atoms with Crippen LogP contribution < -0.4 is 0 Å². The zero-order valence-corrected chi connectivity index (χ0v) is 18.4. The Morgan fingerprint density at radius 2 is 1.11 bits per heavy atom. The van der Waals surface area contributed by atoms with Gasteiger partial charge in [0.05, 0.1) is 22.6 Å². The van der Waals surface area contributed by atoms with Crippen LogP contribution in [-0.2, 0) is 4.43 Å². The summed E-state index contributed by atoms with van der Waals surface area (Å²) in [4.78, 5) is 2.28. The summed E-state index contributed by atoms with van der Waals surface area (Å²) in [7, 11) is -0.0229. The first-order valence-corrected chi connectivity index (χ1v) is 20.7. The van der Waals surface area contributed by atoms with Gasteiger partial charge in [0.2, 0.25) is 8.32 Å². The van der Waals surface area contributed by atoms with Crippen molar-refractivity contribution in [2.24, 2.45) is 0 Å². The van der Waals surface area contributed by atoms with Crippen LogP contribution in [0.2, 0.25) is 58.9 Å². The van der Waals surface area contributed by atoms with Crippen molar-refractivity contribution in [3.63, 3.8) is 0 Å². The molecular formula is C12H33NOSi4. The van der Waals surface area contributed by atoms with Crippen molar-refractivity contribution < 1.29 is 4.43 Å². The Kier molecular flexibility index (Phi) is 5.87. The van der Waals surface area contributed by atoms with E-state index in [1.54, 1.807) is 0 Å². The molecule has 0 amide bonds. The molecule has 0 aromatic rings. The zero-order valence-electron chi connectivity index (χ0n) is 14.4.